The Kier molecular flexibility index (Phi) is 29.5. The molecular weight excluding hydrogens is 872 g/mol. The summed E-state index contributed by atoms with van der Waals surface area (Å²) < 4.78 is 33.3. The minimum Gasteiger partial charge on any atom is -0.462 e. The van der Waals surface area contributed by atoms with Crippen LogP contribution in [0.1, 0.15) is 237 Å². The maximum Gasteiger partial charge on any atom is 0.537 e. The standard InChI is InChI=1S/C54H75O12P/c1-4-7-10-13-16-19-22-31-40-61-49(55)43-34-25-28-37-46(43)52(58)64-67(65-53(59)47-38-29-26-35-44(47)50(56)62-41-32-23-20-17-14-11-8-5-2)66-54(60)48-39-30-27-36-45(48)51(57)63-42-33-24-21-18-15-12-9-6-3/h25-30,34-39H,4-24,31-33,40-42H2,1-3H3. The smallest absolute Gasteiger partial charge is 0.462 e. The van der Waals surface area contributed by atoms with Crippen molar-refractivity contribution >= 4 is 44.4 Å². The van der Waals surface area contributed by atoms with Crippen molar-refractivity contribution in [2.45, 2.75) is 175 Å². The summed E-state index contributed by atoms with van der Waals surface area (Å²) in [5, 5.41) is 0. The molecule has 0 N–H and O–H groups in total. The highest BCUT2D eigenvalue weighted by Crippen LogP contribution is 2.43. The number of hydrogen-bond acceptors (Lipinski definition) is 12. The van der Waals surface area contributed by atoms with E-state index in [-0.39, 0.29) is 53.2 Å². The predicted molar refractivity (Wildman–Crippen MR) is 261 cm³/mol. The summed E-state index contributed by atoms with van der Waals surface area (Å²) in [5.74, 6) is -5.72. The van der Waals surface area contributed by atoms with E-state index in [0.717, 1.165) is 57.8 Å². The van der Waals surface area contributed by atoms with E-state index in [4.69, 9.17) is 27.8 Å². The number of hydrogen-bond donors (Lipinski definition) is 0. The van der Waals surface area contributed by atoms with Crippen molar-refractivity contribution in [1.29, 1.82) is 0 Å². The van der Waals surface area contributed by atoms with Gasteiger partial charge < -0.3 is 27.8 Å². The molecule has 0 aromatic heterocycles. The van der Waals surface area contributed by atoms with Gasteiger partial charge in [-0.15, -0.1) is 0 Å². The van der Waals surface area contributed by atoms with E-state index in [2.05, 4.69) is 20.8 Å². The Hall–Kier alpha value is -5.09. The fraction of sp³-hybridized carbons (Fsp3) is 0.556. The second-order valence-corrected chi connectivity index (χ2v) is 17.8. The Morgan fingerprint density at radius 2 is 0.493 bits per heavy atom. The number of benzene rings is 3. The zero-order chi connectivity index (χ0) is 48.3. The van der Waals surface area contributed by atoms with Crippen LogP contribution in [-0.2, 0) is 27.8 Å². The first-order chi connectivity index (χ1) is 32.7. The predicted octanol–water partition coefficient (Wildman–Crippen LogP) is 14.7. The van der Waals surface area contributed by atoms with Gasteiger partial charge in [-0.05, 0) is 55.7 Å². The highest BCUT2D eigenvalue weighted by molar-refractivity contribution is 7.43. The Morgan fingerprint density at radius 1 is 0.299 bits per heavy atom. The molecule has 3 aromatic rings. The lowest BCUT2D eigenvalue weighted by Gasteiger charge is -2.17. The summed E-state index contributed by atoms with van der Waals surface area (Å²) in [4.78, 5) is 81.4. The van der Waals surface area contributed by atoms with Crippen LogP contribution in [0.15, 0.2) is 72.8 Å². The summed E-state index contributed by atoms with van der Waals surface area (Å²) >= 11 is 0. The molecule has 0 saturated carbocycles. The lowest BCUT2D eigenvalue weighted by molar-refractivity contribution is 0.0462. The van der Waals surface area contributed by atoms with Gasteiger partial charge in [0.05, 0.1) is 53.2 Å². The molecule has 0 unspecified atom stereocenters. The molecule has 0 aliphatic carbocycles. The van der Waals surface area contributed by atoms with Crippen molar-refractivity contribution in [2.24, 2.45) is 0 Å². The number of carbonyl (C=O) groups is 6. The van der Waals surface area contributed by atoms with Crippen molar-refractivity contribution in [3.8, 4) is 0 Å². The monoisotopic (exact) mass is 946 g/mol. The van der Waals surface area contributed by atoms with Crippen molar-refractivity contribution in [2.75, 3.05) is 19.8 Å². The van der Waals surface area contributed by atoms with E-state index < -0.39 is 44.4 Å². The summed E-state index contributed by atoms with van der Waals surface area (Å²) in [6.45, 7) is 6.99. The molecule has 0 radical (unpaired) electrons. The Balaban J connectivity index is 1.76. The molecule has 0 heterocycles. The van der Waals surface area contributed by atoms with Crippen LogP contribution in [-0.4, -0.2) is 55.6 Å². The van der Waals surface area contributed by atoms with Crippen LogP contribution in [0.3, 0.4) is 0 Å². The van der Waals surface area contributed by atoms with Crippen molar-refractivity contribution < 1.29 is 56.5 Å². The van der Waals surface area contributed by atoms with Crippen LogP contribution < -0.4 is 0 Å². The van der Waals surface area contributed by atoms with Crippen LogP contribution in [0.2, 0.25) is 0 Å². The van der Waals surface area contributed by atoms with Gasteiger partial charge in [-0.25, -0.2) is 28.8 Å². The zero-order valence-electron chi connectivity index (χ0n) is 40.4. The van der Waals surface area contributed by atoms with Gasteiger partial charge in [0.25, 0.3) is 0 Å². The lowest BCUT2D eigenvalue weighted by atomic mass is 10.1. The van der Waals surface area contributed by atoms with Gasteiger partial charge in [0, 0.05) is 0 Å². The molecule has 3 aromatic carbocycles. The quantitative estimate of drug-likeness (QED) is 0.0235. The number of unbranched alkanes of at least 4 members (excludes halogenated alkanes) is 21. The lowest BCUT2D eigenvalue weighted by Crippen LogP contribution is -2.18. The van der Waals surface area contributed by atoms with E-state index in [0.29, 0.717) is 19.3 Å². The second kappa shape index (κ2) is 35.1. The van der Waals surface area contributed by atoms with E-state index in [1.54, 1.807) is 18.2 Å². The molecule has 13 heteroatoms. The second-order valence-electron chi connectivity index (χ2n) is 16.8. The largest absolute Gasteiger partial charge is 0.537 e. The molecule has 0 amide bonds. The zero-order valence-corrected chi connectivity index (χ0v) is 41.3. The maximum atomic E-state index is 13.9. The molecule has 0 bridgehead atoms. The first kappa shape index (κ1) is 56.2. The molecule has 0 aliphatic rings. The van der Waals surface area contributed by atoms with E-state index >= 15 is 0 Å². The molecule has 0 atom stereocenters. The Morgan fingerprint density at radius 3 is 0.716 bits per heavy atom. The van der Waals surface area contributed by atoms with Gasteiger partial charge in [-0.1, -0.05) is 192 Å². The Bertz CT molecular complexity index is 1710. The van der Waals surface area contributed by atoms with Gasteiger partial charge in [0.2, 0.25) is 0 Å². The molecule has 12 nitrogen and oxygen atoms in total. The molecule has 0 fully saturated rings. The number of ether oxygens (including phenoxy) is 3. The SMILES string of the molecule is CCCCCCCCCCOC(=O)c1ccccc1C(=O)OP(OC(=O)c1ccccc1C(=O)OCCCCCCCCCC)OC(=O)c1ccccc1C(=O)OCCCCCCCCCC. The molecule has 67 heavy (non-hydrogen) atoms. The third-order valence-corrected chi connectivity index (χ3v) is 12.2. The minimum absolute atomic E-state index is 0.103. The van der Waals surface area contributed by atoms with Gasteiger partial charge in [-0.2, -0.15) is 0 Å². The highest BCUT2D eigenvalue weighted by Gasteiger charge is 2.34. The fourth-order valence-corrected chi connectivity index (χ4v) is 8.17. The summed E-state index contributed by atoms with van der Waals surface area (Å²) in [6, 6.07) is 17.4. The third kappa shape index (κ3) is 22.5. The molecule has 0 aliphatic heterocycles. The van der Waals surface area contributed by atoms with Crippen molar-refractivity contribution in [1.82, 2.24) is 0 Å². The van der Waals surface area contributed by atoms with Gasteiger partial charge in [0.15, 0.2) is 0 Å². The van der Waals surface area contributed by atoms with Crippen LogP contribution in [0, 0.1) is 0 Å². The van der Waals surface area contributed by atoms with Gasteiger partial charge >= 0.3 is 44.4 Å². The molecule has 0 spiro atoms. The third-order valence-electron chi connectivity index (χ3n) is 11.3. The van der Waals surface area contributed by atoms with Crippen molar-refractivity contribution in [3.05, 3.63) is 106 Å². The first-order valence-corrected chi connectivity index (χ1v) is 26.1. The number of carbonyl (C=O) groups excluding carboxylic acids is 6. The fourth-order valence-electron chi connectivity index (χ4n) is 7.36. The minimum atomic E-state index is -3.22. The summed E-state index contributed by atoms with van der Waals surface area (Å²) in [7, 11) is -3.22. The van der Waals surface area contributed by atoms with E-state index in [1.807, 2.05) is 0 Å². The average molecular weight is 947 g/mol. The van der Waals surface area contributed by atoms with Gasteiger partial charge in [-0.3, -0.25) is 0 Å². The average Bonchev–Trinajstić information content (AvgIpc) is 3.34. The van der Waals surface area contributed by atoms with Crippen LogP contribution in [0.25, 0.3) is 0 Å². The van der Waals surface area contributed by atoms with E-state index in [9.17, 15) is 28.8 Å². The molecule has 0 saturated heterocycles. The maximum absolute atomic E-state index is 13.9. The molecule has 368 valence electrons. The number of esters is 3. The highest BCUT2D eigenvalue weighted by atomic mass is 31.2. The number of rotatable bonds is 36. The summed E-state index contributed by atoms with van der Waals surface area (Å²) in [6.07, 6.45) is 25.5. The summed E-state index contributed by atoms with van der Waals surface area (Å²) in [5.41, 5.74) is -0.981. The first-order valence-electron chi connectivity index (χ1n) is 25.0. The topological polar surface area (TPSA) is 158 Å². The molecule has 3 rings (SSSR count). The van der Waals surface area contributed by atoms with Gasteiger partial charge in [0.1, 0.15) is 0 Å². The van der Waals surface area contributed by atoms with E-state index in [1.165, 1.54) is 132 Å². The Labute approximate surface area is 400 Å². The van der Waals surface area contributed by atoms with Crippen LogP contribution in [0.5, 0.6) is 0 Å². The molecular formula is C54H75O12P. The normalized spacial score (nSPS) is 10.9. The van der Waals surface area contributed by atoms with Crippen LogP contribution in [0.4, 0.5) is 0 Å². The van der Waals surface area contributed by atoms with Crippen LogP contribution >= 0.6 is 8.60 Å². The van der Waals surface area contributed by atoms with Crippen molar-refractivity contribution in [3.63, 3.8) is 0 Å².